The largest absolute Gasteiger partial charge is 0.486 e. The van der Waals surface area contributed by atoms with Crippen LogP contribution in [0.3, 0.4) is 0 Å². The smallest absolute Gasteiger partial charge is 0.255 e. The van der Waals surface area contributed by atoms with Crippen molar-refractivity contribution < 1.29 is 9.53 Å². The number of rotatable bonds is 7. The zero-order valence-corrected chi connectivity index (χ0v) is 17.8. The number of aromatic nitrogens is 2. The summed E-state index contributed by atoms with van der Waals surface area (Å²) < 4.78 is 7.88. The molecule has 6 nitrogen and oxygen atoms in total. The van der Waals surface area contributed by atoms with Crippen molar-refractivity contribution in [3.05, 3.63) is 65.6 Å². The topological polar surface area (TPSA) is 81.6 Å². The van der Waals surface area contributed by atoms with Gasteiger partial charge in [0.25, 0.3) is 5.91 Å². The highest BCUT2D eigenvalue weighted by Gasteiger charge is 2.28. The molecule has 0 spiro atoms. The second kappa shape index (κ2) is 9.96. The van der Waals surface area contributed by atoms with E-state index in [1.54, 1.807) is 12.1 Å². The molecule has 0 aliphatic heterocycles. The van der Waals surface area contributed by atoms with E-state index in [1.165, 1.54) is 5.56 Å². The number of amides is 1. The molecule has 1 saturated carbocycles. The van der Waals surface area contributed by atoms with Crippen molar-refractivity contribution in [1.82, 2.24) is 14.7 Å². The zero-order chi connectivity index (χ0) is 18.8. The van der Waals surface area contributed by atoms with Crippen LogP contribution in [0, 0.1) is 12.8 Å². The molecule has 1 amide bonds. The van der Waals surface area contributed by atoms with Gasteiger partial charge in [-0.25, -0.2) is 4.98 Å². The third-order valence-electron chi connectivity index (χ3n) is 4.88. The van der Waals surface area contributed by atoms with Crippen molar-refractivity contribution in [1.29, 1.82) is 0 Å². The van der Waals surface area contributed by atoms with Gasteiger partial charge in [-0.1, -0.05) is 18.2 Å². The van der Waals surface area contributed by atoms with Gasteiger partial charge < -0.3 is 20.2 Å². The molecule has 1 fully saturated rings. The van der Waals surface area contributed by atoms with Crippen LogP contribution in [-0.2, 0) is 6.61 Å². The number of hydrogen-bond donors (Lipinski definition) is 2. The Balaban J connectivity index is 0.00000150. The summed E-state index contributed by atoms with van der Waals surface area (Å²) in [4.78, 5) is 17.1. The van der Waals surface area contributed by atoms with Gasteiger partial charge in [0, 0.05) is 25.0 Å². The van der Waals surface area contributed by atoms with Gasteiger partial charge in [0.2, 0.25) is 0 Å². The first-order chi connectivity index (χ1) is 13.1. The third-order valence-corrected chi connectivity index (χ3v) is 4.88. The van der Waals surface area contributed by atoms with Crippen molar-refractivity contribution in [2.75, 3.05) is 6.54 Å². The van der Waals surface area contributed by atoms with Crippen molar-refractivity contribution in [2.45, 2.75) is 32.4 Å². The van der Waals surface area contributed by atoms with Crippen LogP contribution in [0.25, 0.3) is 5.65 Å². The molecule has 4 rings (SSSR count). The number of nitrogens with zero attached hydrogens (tertiary/aromatic N) is 2. The molecule has 2 aromatic heterocycles. The number of aryl methyl sites for hydroxylation is 1. The molecule has 1 aliphatic rings. The molecular weight excluding hydrogens is 411 g/mol. The van der Waals surface area contributed by atoms with Gasteiger partial charge >= 0.3 is 0 Å². The van der Waals surface area contributed by atoms with E-state index in [2.05, 4.69) is 10.3 Å². The van der Waals surface area contributed by atoms with Gasteiger partial charge in [-0.3, -0.25) is 4.79 Å². The number of imidazole rings is 1. The first-order valence-corrected chi connectivity index (χ1v) is 9.30. The van der Waals surface area contributed by atoms with Gasteiger partial charge in [-0.2, -0.15) is 0 Å². The number of fused-ring (bicyclic) bond motifs is 1. The highest BCUT2D eigenvalue weighted by Crippen LogP contribution is 2.31. The SMILES string of the molecule is Cc1ccc2nc(COc3ccccc3C(=O)NCC(N)C3CC3)cn2c1.Cl.Cl. The van der Waals surface area contributed by atoms with E-state index >= 15 is 0 Å². The summed E-state index contributed by atoms with van der Waals surface area (Å²) in [6, 6.07) is 11.3. The van der Waals surface area contributed by atoms with Crippen LogP contribution in [0.4, 0.5) is 0 Å². The minimum atomic E-state index is -0.160. The minimum Gasteiger partial charge on any atom is -0.486 e. The van der Waals surface area contributed by atoms with Crippen LogP contribution in [0.15, 0.2) is 48.8 Å². The quantitative estimate of drug-likeness (QED) is 0.593. The van der Waals surface area contributed by atoms with Crippen LogP contribution in [0.5, 0.6) is 5.75 Å². The molecule has 0 saturated heterocycles. The Labute approximate surface area is 182 Å². The lowest BCUT2D eigenvalue weighted by Crippen LogP contribution is -2.38. The molecule has 3 aromatic rings. The number of ether oxygens (including phenoxy) is 1. The Bertz CT molecular complexity index is 972. The van der Waals surface area contributed by atoms with Crippen LogP contribution in [0.1, 0.15) is 34.5 Å². The molecule has 1 atom stereocenters. The van der Waals surface area contributed by atoms with Crippen LogP contribution in [-0.4, -0.2) is 27.9 Å². The van der Waals surface area contributed by atoms with Crippen molar-refractivity contribution >= 4 is 36.4 Å². The maximum Gasteiger partial charge on any atom is 0.255 e. The van der Waals surface area contributed by atoms with Gasteiger partial charge in [0.05, 0.1) is 11.3 Å². The fraction of sp³-hybridized carbons (Fsp3) is 0.333. The molecule has 0 bridgehead atoms. The highest BCUT2D eigenvalue weighted by atomic mass is 35.5. The second-order valence-electron chi connectivity index (χ2n) is 7.20. The minimum absolute atomic E-state index is 0. The maximum atomic E-state index is 12.5. The molecule has 156 valence electrons. The van der Waals surface area contributed by atoms with Gasteiger partial charge in [0.1, 0.15) is 18.0 Å². The predicted octanol–water partition coefficient (Wildman–Crippen LogP) is 3.53. The number of nitrogens with one attached hydrogen (secondary N) is 1. The molecule has 1 unspecified atom stereocenters. The van der Waals surface area contributed by atoms with Gasteiger partial charge in [-0.15, -0.1) is 24.8 Å². The molecular formula is C21H26Cl2N4O2. The average Bonchev–Trinajstić information content (AvgIpc) is 3.45. The summed E-state index contributed by atoms with van der Waals surface area (Å²) in [6.45, 7) is 2.83. The molecule has 1 aliphatic carbocycles. The van der Waals surface area contributed by atoms with Crippen LogP contribution < -0.4 is 15.8 Å². The van der Waals surface area contributed by atoms with E-state index in [1.807, 2.05) is 48.0 Å². The number of halogens is 2. The summed E-state index contributed by atoms with van der Waals surface area (Å²) in [6.07, 6.45) is 6.29. The number of para-hydroxylation sites is 1. The summed E-state index contributed by atoms with van der Waals surface area (Å²) >= 11 is 0. The van der Waals surface area contributed by atoms with Gasteiger partial charge in [0.15, 0.2) is 0 Å². The molecule has 3 N–H and O–H groups in total. The molecule has 8 heteroatoms. The average molecular weight is 437 g/mol. The zero-order valence-electron chi connectivity index (χ0n) is 16.2. The van der Waals surface area contributed by atoms with Crippen LogP contribution >= 0.6 is 24.8 Å². The Morgan fingerprint density at radius 1 is 1.24 bits per heavy atom. The van der Waals surface area contributed by atoms with E-state index in [0.717, 1.165) is 24.2 Å². The Morgan fingerprint density at radius 3 is 2.76 bits per heavy atom. The molecule has 29 heavy (non-hydrogen) atoms. The number of carbonyl (C=O) groups is 1. The number of nitrogens with two attached hydrogens (primary N) is 1. The Hall–Kier alpha value is -2.28. The first-order valence-electron chi connectivity index (χ1n) is 9.30. The van der Waals surface area contributed by atoms with E-state index in [4.69, 9.17) is 10.5 Å². The summed E-state index contributed by atoms with van der Waals surface area (Å²) in [5, 5.41) is 2.92. The van der Waals surface area contributed by atoms with Crippen LogP contribution in [0.2, 0.25) is 0 Å². The summed E-state index contributed by atoms with van der Waals surface area (Å²) in [5.41, 5.74) is 9.43. The predicted molar refractivity (Wildman–Crippen MR) is 118 cm³/mol. The lowest BCUT2D eigenvalue weighted by Gasteiger charge is -2.14. The van der Waals surface area contributed by atoms with Crippen molar-refractivity contribution in [3.8, 4) is 5.75 Å². The molecule has 1 aromatic carbocycles. The van der Waals surface area contributed by atoms with Gasteiger partial charge in [-0.05, 0) is 49.4 Å². The number of hydrogen-bond acceptors (Lipinski definition) is 4. The molecule has 2 heterocycles. The monoisotopic (exact) mass is 436 g/mol. The van der Waals surface area contributed by atoms with E-state index in [-0.39, 0.29) is 36.8 Å². The van der Waals surface area contributed by atoms with E-state index < -0.39 is 0 Å². The number of benzene rings is 1. The van der Waals surface area contributed by atoms with E-state index in [9.17, 15) is 4.79 Å². The Kier molecular flexibility index (Phi) is 7.90. The van der Waals surface area contributed by atoms with Crippen molar-refractivity contribution in [2.24, 2.45) is 11.7 Å². The molecule has 0 radical (unpaired) electrons. The maximum absolute atomic E-state index is 12.5. The standard InChI is InChI=1S/C21H24N4O2.2ClH/c1-14-6-9-20-24-16(12-25(20)11-14)13-27-19-5-3-2-4-17(19)21(26)23-10-18(22)15-7-8-15;;/h2-6,9,11-12,15,18H,7-8,10,13,22H2,1H3,(H,23,26);2*1H. The third kappa shape index (κ3) is 5.63. The van der Waals surface area contributed by atoms with Crippen molar-refractivity contribution in [3.63, 3.8) is 0 Å². The lowest BCUT2D eigenvalue weighted by molar-refractivity contribution is 0.0945. The normalized spacial score (nSPS) is 13.9. The number of carbonyl (C=O) groups excluding carboxylic acids is 1. The highest BCUT2D eigenvalue weighted by molar-refractivity contribution is 5.96. The Morgan fingerprint density at radius 2 is 2.00 bits per heavy atom. The summed E-state index contributed by atoms with van der Waals surface area (Å²) in [5.74, 6) is 0.936. The fourth-order valence-corrected chi connectivity index (χ4v) is 3.15. The fourth-order valence-electron chi connectivity index (χ4n) is 3.15. The number of pyridine rings is 1. The van der Waals surface area contributed by atoms with E-state index in [0.29, 0.717) is 30.4 Å². The first kappa shape index (κ1) is 23.0. The second-order valence-corrected chi connectivity index (χ2v) is 7.20. The summed E-state index contributed by atoms with van der Waals surface area (Å²) in [7, 11) is 0. The lowest BCUT2D eigenvalue weighted by atomic mass is 10.1.